The van der Waals surface area contributed by atoms with Crippen LogP contribution in [0.5, 0.6) is 0 Å². The number of rotatable bonds is 8. The van der Waals surface area contributed by atoms with E-state index in [-0.39, 0.29) is 21.8 Å². The van der Waals surface area contributed by atoms with Crippen LogP contribution < -0.4 is 0 Å². The topological polar surface area (TPSA) is 114 Å². The van der Waals surface area contributed by atoms with Gasteiger partial charge in [-0.05, 0) is 72.8 Å². The van der Waals surface area contributed by atoms with Gasteiger partial charge in [0.05, 0.1) is 21.8 Å². The van der Waals surface area contributed by atoms with E-state index >= 15 is 0 Å². The van der Waals surface area contributed by atoms with Crippen LogP contribution in [0.15, 0.2) is 211 Å². The molecule has 0 aliphatic rings. The molecule has 0 aliphatic carbocycles. The molecule has 0 unspecified atom stereocenters. The molecule has 0 amide bonds. The molecule has 0 aliphatic heterocycles. The molecule has 12 heteroatoms. The first-order chi connectivity index (χ1) is 23.4. The maximum absolute atomic E-state index is 11.6. The minimum Gasteiger partial charge on any atom is -0.743 e. The van der Waals surface area contributed by atoms with Crippen molar-refractivity contribution in [2.75, 3.05) is 0 Å². The molecule has 0 spiro atoms. The van der Waals surface area contributed by atoms with Gasteiger partial charge in [-0.15, -0.1) is 0 Å². The van der Waals surface area contributed by atoms with Gasteiger partial charge in [0.25, 0.3) is 0 Å². The number of hydrogen-bond donors (Lipinski definition) is 0. The fourth-order valence-corrected chi connectivity index (χ4v) is 9.49. The van der Waals surface area contributed by atoms with Gasteiger partial charge in [-0.25, -0.2) is 16.8 Å². The summed E-state index contributed by atoms with van der Waals surface area (Å²) < 4.78 is 74.0. The first kappa shape index (κ1) is 37.5. The SMILES string of the molecule is O=S(=O)([O-])C(F)(F)S(=O)(=O)[O-].c1ccc([S+](c2ccccc2)c2ccccc2)cc1.c1ccc([S+](c2ccccc2)c2ccccc2)cc1. The molecule has 6 aromatic carbocycles. The van der Waals surface area contributed by atoms with Gasteiger partial charge in [0.1, 0.15) is 0 Å². The van der Waals surface area contributed by atoms with Crippen molar-refractivity contribution in [1.29, 1.82) is 0 Å². The molecule has 0 saturated heterocycles. The quantitative estimate of drug-likeness (QED) is 0.115. The Labute approximate surface area is 291 Å². The predicted molar refractivity (Wildman–Crippen MR) is 187 cm³/mol. The normalized spacial score (nSPS) is 11.6. The molecule has 0 bridgehead atoms. The van der Waals surface area contributed by atoms with Crippen LogP contribution in [0.4, 0.5) is 8.78 Å². The van der Waals surface area contributed by atoms with Crippen molar-refractivity contribution in [2.45, 2.75) is 34.0 Å². The van der Waals surface area contributed by atoms with Gasteiger partial charge in [-0.3, -0.25) is 0 Å². The third-order valence-electron chi connectivity index (χ3n) is 6.46. The van der Waals surface area contributed by atoms with Gasteiger partial charge in [-0.1, -0.05) is 109 Å². The highest BCUT2D eigenvalue weighted by atomic mass is 32.3. The second-order valence-electron chi connectivity index (χ2n) is 9.86. The van der Waals surface area contributed by atoms with Crippen molar-refractivity contribution in [2.24, 2.45) is 0 Å². The average molecular weight is 737 g/mol. The molecule has 0 aromatic heterocycles. The first-order valence-corrected chi connectivity index (χ1v) is 19.7. The summed E-state index contributed by atoms with van der Waals surface area (Å²) in [6.07, 6.45) is 0. The van der Waals surface area contributed by atoms with Gasteiger partial charge in [-0.2, -0.15) is 8.78 Å². The van der Waals surface area contributed by atoms with Crippen molar-refractivity contribution in [3.63, 3.8) is 0 Å². The number of hydrogen-bond acceptors (Lipinski definition) is 6. The third-order valence-corrected chi connectivity index (χ3v) is 13.3. The summed E-state index contributed by atoms with van der Waals surface area (Å²) in [5, 5.41) is 0. The van der Waals surface area contributed by atoms with Gasteiger partial charge in [0.2, 0.25) is 0 Å². The van der Waals surface area contributed by atoms with Gasteiger partial charge < -0.3 is 9.11 Å². The minimum absolute atomic E-state index is 0.0146. The van der Waals surface area contributed by atoms with E-state index in [1.54, 1.807) is 0 Å². The molecular formula is C37H30F2O6S4. The van der Waals surface area contributed by atoms with E-state index < -0.39 is 24.8 Å². The molecule has 6 aromatic rings. The van der Waals surface area contributed by atoms with Crippen molar-refractivity contribution in [1.82, 2.24) is 0 Å². The summed E-state index contributed by atoms with van der Waals surface area (Å²) in [4.78, 5) is 8.17. The standard InChI is InChI=1S/2C18H15S.CH2F2O6S2/c2*1-4-10-16(11-5-1)19(17-12-6-2-7-13-17)18-14-8-3-9-15-18;2-1(3,10(4,5)6)11(7,8)9/h2*1-15H;(H,4,5,6)(H,7,8,9)/q2*+1;/p-2. The molecule has 0 saturated carbocycles. The minimum atomic E-state index is -6.44. The molecule has 0 radical (unpaired) electrons. The van der Waals surface area contributed by atoms with E-state index in [1.807, 2.05) is 0 Å². The van der Waals surface area contributed by atoms with E-state index in [1.165, 1.54) is 29.4 Å². The Kier molecular flexibility index (Phi) is 13.3. The van der Waals surface area contributed by atoms with Crippen LogP contribution in [0.1, 0.15) is 0 Å². The van der Waals surface area contributed by atoms with Gasteiger partial charge in [0.15, 0.2) is 49.6 Å². The lowest BCUT2D eigenvalue weighted by Gasteiger charge is -2.21. The van der Waals surface area contributed by atoms with Crippen LogP contribution in [0, 0.1) is 0 Å². The smallest absolute Gasteiger partial charge is 0.422 e. The zero-order chi connectivity index (χ0) is 35.3. The molecule has 0 heterocycles. The monoisotopic (exact) mass is 736 g/mol. The number of halogens is 2. The summed E-state index contributed by atoms with van der Waals surface area (Å²) in [6, 6.07) is 64.3. The summed E-state index contributed by atoms with van der Waals surface area (Å²) in [6.45, 7) is 0. The third kappa shape index (κ3) is 10.3. The Balaban J connectivity index is 0.000000173. The van der Waals surface area contributed by atoms with E-state index in [0.29, 0.717) is 0 Å². The number of benzene rings is 6. The summed E-state index contributed by atoms with van der Waals surface area (Å²) in [7, 11) is -12.9. The second-order valence-corrected chi connectivity index (χ2v) is 17.0. The summed E-state index contributed by atoms with van der Waals surface area (Å²) >= 11 is 0. The molecule has 49 heavy (non-hydrogen) atoms. The van der Waals surface area contributed by atoms with Crippen LogP contribution in [0.3, 0.4) is 0 Å². The van der Waals surface area contributed by atoms with Crippen LogP contribution >= 0.6 is 0 Å². The lowest BCUT2D eigenvalue weighted by atomic mass is 10.4. The fraction of sp³-hybridized carbons (Fsp3) is 0.0270. The van der Waals surface area contributed by atoms with Gasteiger partial charge in [0, 0.05) is 0 Å². The van der Waals surface area contributed by atoms with Crippen LogP contribution in [0.2, 0.25) is 0 Å². The lowest BCUT2D eigenvalue weighted by Crippen LogP contribution is -2.37. The van der Waals surface area contributed by atoms with Crippen LogP contribution in [-0.2, 0) is 42.0 Å². The van der Waals surface area contributed by atoms with Crippen molar-refractivity contribution >= 4 is 42.0 Å². The molecule has 252 valence electrons. The zero-order valence-corrected chi connectivity index (χ0v) is 28.9. The van der Waals surface area contributed by atoms with Crippen LogP contribution in [0.25, 0.3) is 0 Å². The zero-order valence-electron chi connectivity index (χ0n) is 25.7. The Hall–Kier alpha value is -4.30. The van der Waals surface area contributed by atoms with Crippen molar-refractivity contribution in [3.8, 4) is 0 Å². The Bertz CT molecular complexity index is 1740. The lowest BCUT2D eigenvalue weighted by molar-refractivity contribution is 0.150. The molecule has 6 rings (SSSR count). The summed E-state index contributed by atoms with van der Waals surface area (Å²) in [5.74, 6) is 0. The maximum atomic E-state index is 11.6. The number of alkyl halides is 2. The highest BCUT2D eigenvalue weighted by Gasteiger charge is 2.45. The fourth-order valence-electron chi connectivity index (χ4n) is 4.28. The largest absolute Gasteiger partial charge is 0.743 e. The van der Waals surface area contributed by atoms with E-state index in [9.17, 15) is 34.7 Å². The Morgan fingerprint density at radius 3 is 0.592 bits per heavy atom. The molecule has 0 fully saturated rings. The Morgan fingerprint density at radius 2 is 0.490 bits per heavy atom. The van der Waals surface area contributed by atoms with E-state index in [0.717, 1.165) is 0 Å². The van der Waals surface area contributed by atoms with Crippen molar-refractivity contribution in [3.05, 3.63) is 182 Å². The first-order valence-electron chi connectivity index (χ1n) is 14.5. The van der Waals surface area contributed by atoms with Crippen molar-refractivity contribution < 1.29 is 34.7 Å². The maximum Gasteiger partial charge on any atom is 0.422 e. The highest BCUT2D eigenvalue weighted by Crippen LogP contribution is 2.32. The van der Waals surface area contributed by atoms with E-state index in [4.69, 9.17) is 0 Å². The van der Waals surface area contributed by atoms with Crippen LogP contribution in [-0.4, -0.2) is 30.5 Å². The average Bonchev–Trinajstić information content (AvgIpc) is 3.11. The summed E-state index contributed by atoms with van der Waals surface area (Å²) in [5.41, 5.74) is 0. The predicted octanol–water partition coefficient (Wildman–Crippen LogP) is 8.19. The molecule has 6 nitrogen and oxygen atoms in total. The van der Waals surface area contributed by atoms with E-state index in [2.05, 4.69) is 182 Å². The molecular weight excluding hydrogens is 707 g/mol. The molecule has 0 N–H and O–H groups in total. The Morgan fingerprint density at radius 1 is 0.347 bits per heavy atom. The molecule has 0 atom stereocenters. The highest BCUT2D eigenvalue weighted by molar-refractivity contribution is 8.04. The second kappa shape index (κ2) is 17.4. The van der Waals surface area contributed by atoms with Gasteiger partial charge >= 0.3 is 4.59 Å².